The van der Waals surface area contributed by atoms with Crippen molar-refractivity contribution < 1.29 is 17.9 Å². The summed E-state index contributed by atoms with van der Waals surface area (Å²) in [6, 6.07) is 28.9. The van der Waals surface area contributed by atoms with Crippen LogP contribution in [0.1, 0.15) is 11.1 Å². The molecule has 0 saturated heterocycles. The van der Waals surface area contributed by atoms with Gasteiger partial charge in [0.15, 0.2) is 0 Å². The number of hydrazone groups is 1. The molecule has 0 radical (unpaired) electrons. The van der Waals surface area contributed by atoms with Gasteiger partial charge in [0.2, 0.25) is 0 Å². The lowest BCUT2D eigenvalue weighted by Gasteiger charge is -2.23. The highest BCUT2D eigenvalue weighted by atomic mass is 35.5. The molecule has 0 bridgehead atoms. The number of rotatable bonds is 10. The van der Waals surface area contributed by atoms with Crippen molar-refractivity contribution in [2.24, 2.45) is 5.10 Å². The highest BCUT2D eigenvalue weighted by molar-refractivity contribution is 7.92. The molecule has 38 heavy (non-hydrogen) atoms. The van der Waals surface area contributed by atoms with E-state index in [-0.39, 0.29) is 10.6 Å². The Hall–Kier alpha value is -3.85. The number of sulfonamides is 1. The number of benzene rings is 4. The van der Waals surface area contributed by atoms with Crippen LogP contribution in [0.5, 0.6) is 5.75 Å². The van der Waals surface area contributed by atoms with E-state index in [2.05, 4.69) is 10.5 Å². The van der Waals surface area contributed by atoms with Gasteiger partial charge in [-0.25, -0.2) is 13.8 Å². The summed E-state index contributed by atoms with van der Waals surface area (Å²) in [5, 5.41) is 4.73. The van der Waals surface area contributed by atoms with E-state index in [4.69, 9.17) is 27.9 Å². The molecule has 1 N–H and O–H groups in total. The minimum Gasteiger partial charge on any atom is -0.488 e. The number of nitrogens with zero attached hydrogens (tertiary/aromatic N) is 2. The summed E-state index contributed by atoms with van der Waals surface area (Å²) in [4.78, 5) is 12.8. The zero-order valence-electron chi connectivity index (χ0n) is 20.0. The molecule has 0 spiro atoms. The van der Waals surface area contributed by atoms with Gasteiger partial charge in [-0.1, -0.05) is 71.7 Å². The van der Waals surface area contributed by atoms with Crippen LogP contribution < -0.4 is 14.5 Å². The van der Waals surface area contributed by atoms with Gasteiger partial charge in [-0.05, 0) is 60.2 Å². The van der Waals surface area contributed by atoms with Crippen molar-refractivity contribution in [3.63, 3.8) is 0 Å². The molecule has 4 aromatic rings. The maximum Gasteiger partial charge on any atom is 0.264 e. The third-order valence-electron chi connectivity index (χ3n) is 5.33. The maximum absolute atomic E-state index is 13.4. The van der Waals surface area contributed by atoms with Crippen molar-refractivity contribution in [3.8, 4) is 5.75 Å². The van der Waals surface area contributed by atoms with E-state index in [9.17, 15) is 13.2 Å². The van der Waals surface area contributed by atoms with E-state index < -0.39 is 22.5 Å². The van der Waals surface area contributed by atoms with Gasteiger partial charge < -0.3 is 4.74 Å². The number of carbonyl (C=O) groups is 1. The van der Waals surface area contributed by atoms with Gasteiger partial charge in [0.05, 0.1) is 16.8 Å². The van der Waals surface area contributed by atoms with Crippen LogP contribution in [0.25, 0.3) is 0 Å². The van der Waals surface area contributed by atoms with E-state index in [1.54, 1.807) is 30.3 Å². The van der Waals surface area contributed by atoms with E-state index in [1.165, 1.54) is 36.5 Å². The smallest absolute Gasteiger partial charge is 0.264 e. The van der Waals surface area contributed by atoms with Gasteiger partial charge >= 0.3 is 0 Å². The lowest BCUT2D eigenvalue weighted by molar-refractivity contribution is -0.119. The first-order chi connectivity index (χ1) is 18.3. The van der Waals surface area contributed by atoms with Crippen LogP contribution in [0, 0.1) is 0 Å². The Morgan fingerprint density at radius 1 is 0.868 bits per heavy atom. The van der Waals surface area contributed by atoms with E-state index in [0.717, 1.165) is 9.87 Å². The van der Waals surface area contributed by atoms with Gasteiger partial charge in [0.25, 0.3) is 15.9 Å². The highest BCUT2D eigenvalue weighted by Gasteiger charge is 2.27. The number of nitrogens with one attached hydrogen (secondary N) is 1. The summed E-state index contributed by atoms with van der Waals surface area (Å²) < 4.78 is 33.7. The molecule has 4 aromatic carbocycles. The molecule has 7 nitrogen and oxygen atoms in total. The number of hydrogen-bond donors (Lipinski definition) is 1. The molecule has 194 valence electrons. The summed E-state index contributed by atoms with van der Waals surface area (Å²) in [7, 11) is -4.12. The van der Waals surface area contributed by atoms with E-state index in [0.29, 0.717) is 28.0 Å². The molecule has 0 aliphatic carbocycles. The third-order valence-corrected chi connectivity index (χ3v) is 7.61. The second kappa shape index (κ2) is 12.6. The maximum atomic E-state index is 13.4. The fraction of sp³-hybridized carbons (Fsp3) is 0.0714. The molecule has 0 unspecified atom stereocenters. The molecule has 1 amide bonds. The van der Waals surface area contributed by atoms with Gasteiger partial charge in [-0.2, -0.15) is 5.10 Å². The summed E-state index contributed by atoms with van der Waals surface area (Å²) >= 11 is 12.0. The Kier molecular flexibility index (Phi) is 9.02. The van der Waals surface area contributed by atoms with Crippen molar-refractivity contribution in [3.05, 3.63) is 124 Å². The minimum atomic E-state index is -4.12. The van der Waals surface area contributed by atoms with Gasteiger partial charge in [-0.15, -0.1) is 0 Å². The predicted octanol–water partition coefficient (Wildman–Crippen LogP) is 5.92. The van der Waals surface area contributed by atoms with Gasteiger partial charge in [0, 0.05) is 15.6 Å². The largest absolute Gasteiger partial charge is 0.488 e. The molecule has 4 rings (SSSR count). The van der Waals surface area contributed by atoms with E-state index in [1.807, 2.05) is 42.5 Å². The molecule has 0 saturated carbocycles. The van der Waals surface area contributed by atoms with Gasteiger partial charge in [0.1, 0.15) is 18.9 Å². The van der Waals surface area contributed by atoms with Crippen LogP contribution in [0.15, 0.2) is 113 Å². The molecule has 10 heteroatoms. The van der Waals surface area contributed by atoms with Crippen LogP contribution in [-0.4, -0.2) is 27.1 Å². The van der Waals surface area contributed by atoms with Crippen molar-refractivity contribution in [2.75, 3.05) is 10.8 Å². The van der Waals surface area contributed by atoms with Crippen LogP contribution in [-0.2, 0) is 21.4 Å². The van der Waals surface area contributed by atoms with Gasteiger partial charge in [-0.3, -0.25) is 9.10 Å². The summed E-state index contributed by atoms with van der Waals surface area (Å²) in [6.07, 6.45) is 1.44. The van der Waals surface area contributed by atoms with Crippen LogP contribution in [0.2, 0.25) is 10.0 Å². The Labute approximate surface area is 231 Å². The topological polar surface area (TPSA) is 88.1 Å². The highest BCUT2D eigenvalue weighted by Crippen LogP contribution is 2.27. The number of ether oxygens (including phenoxy) is 1. The van der Waals surface area contributed by atoms with Crippen molar-refractivity contribution in [1.29, 1.82) is 0 Å². The first kappa shape index (κ1) is 27.2. The number of para-hydroxylation sites is 1. The quantitative estimate of drug-likeness (QED) is 0.190. The first-order valence-electron chi connectivity index (χ1n) is 11.4. The van der Waals surface area contributed by atoms with Crippen LogP contribution in [0.3, 0.4) is 0 Å². The second-order valence-electron chi connectivity index (χ2n) is 8.05. The normalized spacial score (nSPS) is 11.3. The third kappa shape index (κ3) is 7.13. The average Bonchev–Trinajstić information content (AvgIpc) is 2.92. The Bertz CT molecular complexity index is 1530. The minimum absolute atomic E-state index is 0.0253. The average molecular weight is 568 g/mol. The number of hydrogen-bond acceptors (Lipinski definition) is 5. The number of halogens is 2. The van der Waals surface area contributed by atoms with Crippen LogP contribution >= 0.6 is 23.2 Å². The zero-order chi connectivity index (χ0) is 27.0. The predicted molar refractivity (Wildman–Crippen MR) is 150 cm³/mol. The fourth-order valence-electron chi connectivity index (χ4n) is 3.47. The van der Waals surface area contributed by atoms with Crippen molar-refractivity contribution in [1.82, 2.24) is 5.43 Å². The molecule has 0 aliphatic rings. The fourth-order valence-corrected chi connectivity index (χ4v) is 5.20. The van der Waals surface area contributed by atoms with Crippen molar-refractivity contribution in [2.45, 2.75) is 11.5 Å². The summed E-state index contributed by atoms with van der Waals surface area (Å²) in [6.45, 7) is -0.163. The second-order valence-corrected chi connectivity index (χ2v) is 10.8. The zero-order valence-corrected chi connectivity index (χ0v) is 22.3. The molecular weight excluding hydrogens is 545 g/mol. The number of amides is 1. The molecule has 0 aliphatic heterocycles. The molecular formula is C28H23Cl2N3O4S. The Balaban J connectivity index is 1.49. The molecule has 0 fully saturated rings. The standard InChI is InChI=1S/C28H23Cl2N3O4S/c29-23-13-15-26(16-14-23)38(35,36)33(25-11-6-10-24(30)17-25)19-28(34)32-31-18-22-9-4-5-12-27(22)37-20-21-7-2-1-3-8-21/h1-18H,19-20H2,(H,32,34)/b31-18-. The summed E-state index contributed by atoms with van der Waals surface area (Å²) in [5.74, 6) is -0.0679. The Morgan fingerprint density at radius 3 is 2.32 bits per heavy atom. The lowest BCUT2D eigenvalue weighted by Crippen LogP contribution is -2.39. The van der Waals surface area contributed by atoms with Crippen LogP contribution in [0.4, 0.5) is 5.69 Å². The summed E-state index contributed by atoms with van der Waals surface area (Å²) in [5.41, 5.74) is 4.27. The SMILES string of the molecule is O=C(CN(c1cccc(Cl)c1)S(=O)(=O)c1ccc(Cl)cc1)N/N=C\c1ccccc1OCc1ccccc1. The molecule has 0 heterocycles. The monoisotopic (exact) mass is 567 g/mol. The molecule has 0 atom stereocenters. The number of carbonyl (C=O) groups excluding carboxylic acids is 1. The number of anilines is 1. The first-order valence-corrected chi connectivity index (χ1v) is 13.6. The van der Waals surface area contributed by atoms with Crippen molar-refractivity contribution >= 4 is 51.0 Å². The lowest BCUT2D eigenvalue weighted by atomic mass is 10.2. The van der Waals surface area contributed by atoms with E-state index >= 15 is 0 Å². The Morgan fingerprint density at radius 2 is 1.58 bits per heavy atom. The molecule has 0 aromatic heterocycles.